The molecule has 2 aromatic rings. The van der Waals surface area contributed by atoms with Crippen molar-refractivity contribution < 1.29 is 4.79 Å². The van der Waals surface area contributed by atoms with Crippen molar-refractivity contribution >= 4 is 17.3 Å². The largest absolute Gasteiger partial charge is 0.380 e. The van der Waals surface area contributed by atoms with Gasteiger partial charge in [0.2, 0.25) is 5.91 Å². The van der Waals surface area contributed by atoms with Crippen molar-refractivity contribution in [2.24, 2.45) is 17.8 Å². The zero-order valence-electron chi connectivity index (χ0n) is 20.0. The van der Waals surface area contributed by atoms with E-state index in [2.05, 4.69) is 29.3 Å². The van der Waals surface area contributed by atoms with Crippen LogP contribution in [0.25, 0.3) is 0 Å². The quantitative estimate of drug-likeness (QED) is 0.619. The highest BCUT2D eigenvalue weighted by Crippen LogP contribution is 2.32. The highest BCUT2D eigenvalue weighted by molar-refractivity contribution is 5.79. The van der Waals surface area contributed by atoms with E-state index in [1.165, 1.54) is 0 Å². The Labute approximate surface area is 196 Å². The normalized spacial score (nSPS) is 21.8. The molecule has 2 aromatic carbocycles. The Kier molecular flexibility index (Phi) is 7.51. The van der Waals surface area contributed by atoms with Gasteiger partial charge < -0.3 is 15.1 Å². The molecule has 1 aliphatic heterocycles. The van der Waals surface area contributed by atoms with Crippen LogP contribution in [0.1, 0.15) is 57.9 Å². The van der Waals surface area contributed by atoms with Crippen LogP contribution < -0.4 is 21.1 Å². The number of hydrogen-bond acceptors (Lipinski definition) is 5. The molecule has 1 saturated heterocycles. The van der Waals surface area contributed by atoms with Crippen molar-refractivity contribution in [2.45, 2.75) is 58.9 Å². The Bertz CT molecular complexity index is 996. The van der Waals surface area contributed by atoms with E-state index in [1.54, 1.807) is 0 Å². The topological polar surface area (TPSA) is 69.7 Å². The van der Waals surface area contributed by atoms with Gasteiger partial charge in [0.25, 0.3) is 10.9 Å². The summed E-state index contributed by atoms with van der Waals surface area (Å²) in [5.74, 6) is 1.45. The van der Waals surface area contributed by atoms with Crippen LogP contribution >= 0.6 is 0 Å². The average Bonchev–Trinajstić information content (AvgIpc) is 2.86. The number of hydrogen-bond donors (Lipinski definition) is 1. The molecule has 0 atom stereocenters. The standard InChI is InChI=1S/C27H37N3O3/c1-3-29(18-21-7-5-4-6-8-21)27(33)22-11-9-20(10-12-22)17-28-23-24(26(32)25(23)31)30-15-13-19(2)14-16-30/h4-8,19-20,22,28H,3,9-18H2,1-2H3. The summed E-state index contributed by atoms with van der Waals surface area (Å²) in [5.41, 5.74) is 1.59. The molecule has 1 saturated carbocycles. The summed E-state index contributed by atoms with van der Waals surface area (Å²) in [7, 11) is 0. The van der Waals surface area contributed by atoms with Crippen molar-refractivity contribution in [3.05, 3.63) is 56.3 Å². The first-order valence-electron chi connectivity index (χ1n) is 12.6. The lowest BCUT2D eigenvalue weighted by molar-refractivity contribution is -0.137. The SMILES string of the molecule is CCN(Cc1ccccc1)C(=O)C1CCC(CNc2c(N3CCC(C)CC3)c(=O)c2=O)CC1. The van der Waals surface area contributed by atoms with E-state index in [-0.39, 0.29) is 22.7 Å². The van der Waals surface area contributed by atoms with Gasteiger partial charge in [0, 0.05) is 38.6 Å². The molecule has 0 bridgehead atoms. The Morgan fingerprint density at radius 2 is 1.67 bits per heavy atom. The summed E-state index contributed by atoms with van der Waals surface area (Å²) in [4.78, 5) is 41.6. The molecule has 33 heavy (non-hydrogen) atoms. The fourth-order valence-electron chi connectivity index (χ4n) is 5.35. The van der Waals surface area contributed by atoms with Crippen molar-refractivity contribution in [2.75, 3.05) is 36.4 Å². The van der Waals surface area contributed by atoms with Crippen molar-refractivity contribution in [1.29, 1.82) is 0 Å². The summed E-state index contributed by atoms with van der Waals surface area (Å²) in [5, 5.41) is 3.31. The minimum absolute atomic E-state index is 0.0851. The lowest BCUT2D eigenvalue weighted by atomic mass is 9.81. The fourth-order valence-corrected chi connectivity index (χ4v) is 5.35. The van der Waals surface area contributed by atoms with Gasteiger partial charge in [-0.15, -0.1) is 0 Å². The molecule has 1 aliphatic carbocycles. The van der Waals surface area contributed by atoms with E-state index < -0.39 is 0 Å². The zero-order chi connectivity index (χ0) is 23.4. The first-order chi connectivity index (χ1) is 16.0. The Morgan fingerprint density at radius 1 is 1.00 bits per heavy atom. The number of nitrogens with zero attached hydrogens (tertiary/aromatic N) is 2. The van der Waals surface area contributed by atoms with Crippen LogP contribution in [-0.2, 0) is 11.3 Å². The molecule has 4 rings (SSSR count). The van der Waals surface area contributed by atoms with E-state index in [0.717, 1.165) is 63.7 Å². The predicted molar refractivity (Wildman–Crippen MR) is 133 cm³/mol. The van der Waals surface area contributed by atoms with Crippen molar-refractivity contribution in [3.63, 3.8) is 0 Å². The van der Waals surface area contributed by atoms with Crippen LogP contribution in [0.3, 0.4) is 0 Å². The van der Waals surface area contributed by atoms with Crippen molar-refractivity contribution in [1.82, 2.24) is 4.90 Å². The van der Waals surface area contributed by atoms with Gasteiger partial charge in [-0.2, -0.15) is 0 Å². The van der Waals surface area contributed by atoms with Crippen LogP contribution in [0.4, 0.5) is 11.4 Å². The number of anilines is 2. The number of piperidine rings is 1. The molecular formula is C27H37N3O3. The van der Waals surface area contributed by atoms with Gasteiger partial charge >= 0.3 is 0 Å². The molecule has 0 spiro atoms. The van der Waals surface area contributed by atoms with Gasteiger partial charge in [-0.05, 0) is 62.8 Å². The Morgan fingerprint density at radius 3 is 2.30 bits per heavy atom. The van der Waals surface area contributed by atoms with Gasteiger partial charge in [0.05, 0.1) is 0 Å². The van der Waals surface area contributed by atoms with Gasteiger partial charge in [-0.3, -0.25) is 14.4 Å². The molecule has 6 nitrogen and oxygen atoms in total. The molecule has 0 radical (unpaired) electrons. The van der Waals surface area contributed by atoms with Crippen LogP contribution in [0.2, 0.25) is 0 Å². The van der Waals surface area contributed by atoms with Gasteiger partial charge in [-0.25, -0.2) is 0 Å². The lowest BCUT2D eigenvalue weighted by Gasteiger charge is -2.34. The highest BCUT2D eigenvalue weighted by atomic mass is 16.2. The third-order valence-corrected chi connectivity index (χ3v) is 7.66. The van der Waals surface area contributed by atoms with Crippen LogP contribution in [0, 0.1) is 17.8 Å². The van der Waals surface area contributed by atoms with Gasteiger partial charge in [-0.1, -0.05) is 37.3 Å². The number of rotatable bonds is 8. The number of carbonyl (C=O) groups excluding carboxylic acids is 1. The molecule has 1 amide bonds. The van der Waals surface area contributed by atoms with E-state index in [0.29, 0.717) is 36.3 Å². The van der Waals surface area contributed by atoms with E-state index in [9.17, 15) is 14.4 Å². The first-order valence-corrected chi connectivity index (χ1v) is 12.6. The molecule has 0 unspecified atom stereocenters. The monoisotopic (exact) mass is 451 g/mol. The number of benzene rings is 1. The first kappa shape index (κ1) is 23.5. The zero-order valence-corrected chi connectivity index (χ0v) is 20.0. The van der Waals surface area contributed by atoms with Crippen molar-refractivity contribution in [3.8, 4) is 0 Å². The highest BCUT2D eigenvalue weighted by Gasteiger charge is 2.31. The summed E-state index contributed by atoms with van der Waals surface area (Å²) < 4.78 is 0. The Balaban J connectivity index is 1.27. The van der Waals surface area contributed by atoms with Gasteiger partial charge in [0.1, 0.15) is 11.4 Å². The average molecular weight is 452 g/mol. The molecule has 2 fully saturated rings. The summed E-state index contributed by atoms with van der Waals surface area (Å²) in [6.45, 7) is 8.07. The number of amides is 1. The number of carbonyl (C=O) groups is 1. The van der Waals surface area contributed by atoms with Crippen LogP contribution in [0.15, 0.2) is 39.9 Å². The number of nitrogens with one attached hydrogen (secondary N) is 1. The second-order valence-electron chi connectivity index (χ2n) is 9.99. The van der Waals surface area contributed by atoms with E-state index in [1.807, 2.05) is 30.0 Å². The second-order valence-corrected chi connectivity index (χ2v) is 9.99. The molecule has 178 valence electrons. The van der Waals surface area contributed by atoms with Gasteiger partial charge in [0.15, 0.2) is 0 Å². The smallest absolute Gasteiger partial charge is 0.253 e. The molecule has 0 aromatic heterocycles. The lowest BCUT2D eigenvalue weighted by Crippen LogP contribution is -2.46. The molecule has 2 aliphatic rings. The maximum atomic E-state index is 13.1. The maximum Gasteiger partial charge on any atom is 0.253 e. The second kappa shape index (κ2) is 10.5. The predicted octanol–water partition coefficient (Wildman–Crippen LogP) is 3.79. The molecule has 1 N–H and O–H groups in total. The Hall–Kier alpha value is -2.63. The minimum Gasteiger partial charge on any atom is -0.380 e. The summed E-state index contributed by atoms with van der Waals surface area (Å²) in [6.07, 6.45) is 5.85. The summed E-state index contributed by atoms with van der Waals surface area (Å²) >= 11 is 0. The third-order valence-electron chi connectivity index (χ3n) is 7.66. The van der Waals surface area contributed by atoms with E-state index in [4.69, 9.17) is 0 Å². The minimum atomic E-state index is -0.369. The third kappa shape index (κ3) is 5.31. The molecule has 6 heteroatoms. The van der Waals surface area contributed by atoms with Crippen LogP contribution in [0.5, 0.6) is 0 Å². The molecular weight excluding hydrogens is 414 g/mol. The van der Waals surface area contributed by atoms with E-state index >= 15 is 0 Å². The van der Waals surface area contributed by atoms with Crippen LogP contribution in [-0.4, -0.2) is 37.0 Å². The fraction of sp³-hybridized carbons (Fsp3) is 0.593. The summed E-state index contributed by atoms with van der Waals surface area (Å²) in [6, 6.07) is 10.2. The molecule has 1 heterocycles. The maximum absolute atomic E-state index is 13.1.